The van der Waals surface area contributed by atoms with E-state index in [0.29, 0.717) is 6.04 Å². The Morgan fingerprint density at radius 3 is 2.77 bits per heavy atom. The zero-order valence-electron chi connectivity index (χ0n) is 9.26. The molecule has 3 nitrogen and oxygen atoms in total. The minimum Gasteiger partial charge on any atom is -0.383 e. The van der Waals surface area contributed by atoms with Crippen LogP contribution in [0, 0.1) is 0 Å². The Labute approximate surface area is 81.4 Å². The largest absolute Gasteiger partial charge is 0.383 e. The molecule has 0 radical (unpaired) electrons. The second-order valence-electron chi connectivity index (χ2n) is 4.66. The van der Waals surface area contributed by atoms with Crippen molar-refractivity contribution in [2.24, 2.45) is 0 Å². The molecule has 1 unspecified atom stereocenters. The van der Waals surface area contributed by atoms with Crippen LogP contribution in [0.25, 0.3) is 0 Å². The van der Waals surface area contributed by atoms with Crippen LogP contribution in [-0.4, -0.2) is 49.8 Å². The molecule has 1 aliphatic rings. The SMILES string of the molecule is COCCN1CC(C)NC(C)(C)C1. The number of piperazine rings is 1. The number of ether oxygens (including phenoxy) is 1. The van der Waals surface area contributed by atoms with Crippen LogP contribution in [0.5, 0.6) is 0 Å². The molecule has 78 valence electrons. The highest BCUT2D eigenvalue weighted by Crippen LogP contribution is 2.13. The molecule has 0 aromatic rings. The van der Waals surface area contributed by atoms with E-state index in [-0.39, 0.29) is 5.54 Å². The van der Waals surface area contributed by atoms with E-state index in [0.717, 1.165) is 26.2 Å². The fraction of sp³-hybridized carbons (Fsp3) is 1.00. The van der Waals surface area contributed by atoms with Gasteiger partial charge in [0.15, 0.2) is 0 Å². The van der Waals surface area contributed by atoms with Crippen molar-refractivity contribution >= 4 is 0 Å². The van der Waals surface area contributed by atoms with Crippen molar-refractivity contribution in [3.05, 3.63) is 0 Å². The molecule has 1 N–H and O–H groups in total. The van der Waals surface area contributed by atoms with Crippen molar-refractivity contribution in [1.82, 2.24) is 10.2 Å². The van der Waals surface area contributed by atoms with Crippen LogP contribution in [0.3, 0.4) is 0 Å². The Balaban J connectivity index is 2.38. The highest BCUT2D eigenvalue weighted by atomic mass is 16.5. The first-order valence-electron chi connectivity index (χ1n) is 5.02. The van der Waals surface area contributed by atoms with Gasteiger partial charge in [-0.25, -0.2) is 0 Å². The third-order valence-corrected chi connectivity index (χ3v) is 2.40. The maximum absolute atomic E-state index is 5.09. The van der Waals surface area contributed by atoms with Crippen molar-refractivity contribution in [1.29, 1.82) is 0 Å². The van der Waals surface area contributed by atoms with Crippen molar-refractivity contribution in [3.63, 3.8) is 0 Å². The second-order valence-corrected chi connectivity index (χ2v) is 4.66. The lowest BCUT2D eigenvalue weighted by atomic mass is 9.99. The van der Waals surface area contributed by atoms with Gasteiger partial charge in [0.1, 0.15) is 0 Å². The Morgan fingerprint density at radius 2 is 2.23 bits per heavy atom. The quantitative estimate of drug-likeness (QED) is 0.702. The molecular formula is C10H22N2O. The van der Waals surface area contributed by atoms with E-state index in [1.807, 2.05) is 0 Å². The van der Waals surface area contributed by atoms with E-state index in [2.05, 4.69) is 31.0 Å². The van der Waals surface area contributed by atoms with Gasteiger partial charge >= 0.3 is 0 Å². The van der Waals surface area contributed by atoms with Gasteiger partial charge in [0.05, 0.1) is 6.61 Å². The molecule has 1 atom stereocenters. The number of nitrogens with zero attached hydrogens (tertiary/aromatic N) is 1. The van der Waals surface area contributed by atoms with Crippen LogP contribution in [0.15, 0.2) is 0 Å². The molecule has 0 aliphatic carbocycles. The molecule has 13 heavy (non-hydrogen) atoms. The summed E-state index contributed by atoms with van der Waals surface area (Å²) in [7, 11) is 1.76. The Kier molecular flexibility index (Phi) is 3.71. The lowest BCUT2D eigenvalue weighted by molar-refractivity contribution is 0.0877. The number of hydrogen-bond acceptors (Lipinski definition) is 3. The average Bonchev–Trinajstić information content (AvgIpc) is 1.97. The summed E-state index contributed by atoms with van der Waals surface area (Å²) in [4.78, 5) is 2.46. The monoisotopic (exact) mass is 186 g/mol. The molecule has 1 rings (SSSR count). The Hall–Kier alpha value is -0.120. The summed E-state index contributed by atoms with van der Waals surface area (Å²) < 4.78 is 5.09. The third kappa shape index (κ3) is 3.63. The van der Waals surface area contributed by atoms with Gasteiger partial charge in [-0.2, -0.15) is 0 Å². The zero-order chi connectivity index (χ0) is 9.90. The first-order chi connectivity index (χ1) is 6.03. The predicted octanol–water partition coefficient (Wildman–Crippen LogP) is 0.705. The first-order valence-corrected chi connectivity index (χ1v) is 5.02. The summed E-state index contributed by atoms with van der Waals surface area (Å²) >= 11 is 0. The third-order valence-electron chi connectivity index (χ3n) is 2.40. The molecule has 0 aromatic carbocycles. The van der Waals surface area contributed by atoms with E-state index < -0.39 is 0 Å². The molecule has 0 spiro atoms. The van der Waals surface area contributed by atoms with Gasteiger partial charge in [-0.1, -0.05) is 0 Å². The first kappa shape index (κ1) is 11.0. The molecule has 0 amide bonds. The number of hydrogen-bond donors (Lipinski definition) is 1. The molecule has 1 fully saturated rings. The van der Waals surface area contributed by atoms with Crippen LogP contribution < -0.4 is 5.32 Å². The predicted molar refractivity (Wildman–Crippen MR) is 55.0 cm³/mol. The van der Waals surface area contributed by atoms with E-state index in [9.17, 15) is 0 Å². The van der Waals surface area contributed by atoms with Crippen molar-refractivity contribution in [2.45, 2.75) is 32.4 Å². The molecule has 0 bridgehead atoms. The maximum Gasteiger partial charge on any atom is 0.0589 e. The van der Waals surface area contributed by atoms with Gasteiger partial charge < -0.3 is 10.1 Å². The fourth-order valence-electron chi connectivity index (χ4n) is 2.16. The summed E-state index contributed by atoms with van der Waals surface area (Å²) in [5.74, 6) is 0. The van der Waals surface area contributed by atoms with Crippen LogP contribution in [-0.2, 0) is 4.74 Å². The molecule has 1 saturated heterocycles. The lowest BCUT2D eigenvalue weighted by Gasteiger charge is -2.42. The van der Waals surface area contributed by atoms with Crippen LogP contribution in [0.2, 0.25) is 0 Å². The van der Waals surface area contributed by atoms with Gasteiger partial charge in [-0.3, -0.25) is 4.90 Å². The summed E-state index contributed by atoms with van der Waals surface area (Å²) in [6.07, 6.45) is 0. The van der Waals surface area contributed by atoms with E-state index in [4.69, 9.17) is 4.74 Å². The molecule has 0 aromatic heterocycles. The van der Waals surface area contributed by atoms with E-state index in [1.165, 1.54) is 0 Å². The van der Waals surface area contributed by atoms with Crippen LogP contribution in [0.1, 0.15) is 20.8 Å². The lowest BCUT2D eigenvalue weighted by Crippen LogP contribution is -2.61. The minimum atomic E-state index is 0.241. The van der Waals surface area contributed by atoms with E-state index in [1.54, 1.807) is 7.11 Å². The van der Waals surface area contributed by atoms with Gasteiger partial charge in [0.2, 0.25) is 0 Å². The van der Waals surface area contributed by atoms with Gasteiger partial charge in [-0.15, -0.1) is 0 Å². The standard InChI is InChI=1S/C10H22N2O/c1-9-7-12(5-6-13-4)8-10(2,3)11-9/h9,11H,5-8H2,1-4H3. The van der Waals surface area contributed by atoms with Crippen LogP contribution in [0.4, 0.5) is 0 Å². The maximum atomic E-state index is 5.09. The molecular weight excluding hydrogens is 164 g/mol. The Morgan fingerprint density at radius 1 is 1.54 bits per heavy atom. The van der Waals surface area contributed by atoms with Crippen molar-refractivity contribution in [3.8, 4) is 0 Å². The molecule has 1 aliphatic heterocycles. The summed E-state index contributed by atoms with van der Waals surface area (Å²) in [5.41, 5.74) is 0.241. The smallest absolute Gasteiger partial charge is 0.0589 e. The zero-order valence-corrected chi connectivity index (χ0v) is 9.26. The number of rotatable bonds is 3. The molecule has 3 heteroatoms. The van der Waals surface area contributed by atoms with Crippen LogP contribution >= 0.6 is 0 Å². The number of methoxy groups -OCH3 is 1. The Bertz CT molecular complexity index is 159. The number of nitrogens with one attached hydrogen (secondary N) is 1. The minimum absolute atomic E-state index is 0.241. The summed E-state index contributed by atoms with van der Waals surface area (Å²) in [5, 5.41) is 3.58. The highest BCUT2D eigenvalue weighted by Gasteiger charge is 2.28. The van der Waals surface area contributed by atoms with E-state index >= 15 is 0 Å². The molecule has 1 heterocycles. The van der Waals surface area contributed by atoms with Gasteiger partial charge in [-0.05, 0) is 20.8 Å². The second kappa shape index (κ2) is 4.40. The van der Waals surface area contributed by atoms with Gasteiger partial charge in [0.25, 0.3) is 0 Å². The highest BCUT2D eigenvalue weighted by molar-refractivity contribution is 4.90. The van der Waals surface area contributed by atoms with Gasteiger partial charge in [0, 0.05) is 38.3 Å². The average molecular weight is 186 g/mol. The molecule has 0 saturated carbocycles. The normalized spacial score (nSPS) is 29.1. The van der Waals surface area contributed by atoms with Crippen molar-refractivity contribution in [2.75, 3.05) is 33.4 Å². The summed E-state index contributed by atoms with van der Waals surface area (Å²) in [6.45, 7) is 10.9. The van der Waals surface area contributed by atoms with Crippen molar-refractivity contribution < 1.29 is 4.74 Å². The fourth-order valence-corrected chi connectivity index (χ4v) is 2.16. The summed E-state index contributed by atoms with van der Waals surface area (Å²) in [6, 6.07) is 0.584. The topological polar surface area (TPSA) is 24.5 Å².